The quantitative estimate of drug-likeness (QED) is 0.775. The Morgan fingerprint density at radius 1 is 1.09 bits per heavy atom. The maximum absolute atomic E-state index is 6.39. The lowest BCUT2D eigenvalue weighted by Gasteiger charge is -2.38. The Hall–Kier alpha value is -1.51. The lowest BCUT2D eigenvalue weighted by Crippen LogP contribution is -2.39. The molecule has 4 rings (SSSR count). The van der Waals surface area contributed by atoms with Gasteiger partial charge in [-0.05, 0) is 60.7 Å². The summed E-state index contributed by atoms with van der Waals surface area (Å²) in [5, 5.41) is 0.719. The molecule has 1 unspecified atom stereocenters. The lowest BCUT2D eigenvalue weighted by atomic mass is 9.74. The molecule has 0 N–H and O–H groups in total. The van der Waals surface area contributed by atoms with Crippen molar-refractivity contribution in [2.75, 3.05) is 20.7 Å². The Morgan fingerprint density at radius 2 is 1.91 bits per heavy atom. The van der Waals surface area contributed by atoms with Crippen molar-refractivity contribution < 1.29 is 4.74 Å². The van der Waals surface area contributed by atoms with Gasteiger partial charge in [0.1, 0.15) is 5.75 Å². The van der Waals surface area contributed by atoms with Crippen LogP contribution in [0.4, 0.5) is 0 Å². The molecule has 2 atom stereocenters. The van der Waals surface area contributed by atoms with Crippen molar-refractivity contribution in [1.29, 1.82) is 0 Å². The highest BCUT2D eigenvalue weighted by molar-refractivity contribution is 6.32. The van der Waals surface area contributed by atoms with E-state index in [1.165, 1.54) is 35.1 Å². The zero-order valence-electron chi connectivity index (χ0n) is 13.7. The van der Waals surface area contributed by atoms with Gasteiger partial charge in [-0.2, -0.15) is 0 Å². The third-order valence-corrected chi connectivity index (χ3v) is 5.83. The fraction of sp³-hybridized carbons (Fsp3) is 0.400. The largest absolute Gasteiger partial charge is 0.495 e. The monoisotopic (exact) mass is 327 g/mol. The van der Waals surface area contributed by atoms with Crippen LogP contribution in [-0.4, -0.2) is 31.6 Å². The lowest BCUT2D eigenvalue weighted by molar-refractivity contribution is 0.214. The first-order valence-electron chi connectivity index (χ1n) is 8.33. The minimum Gasteiger partial charge on any atom is -0.495 e. The number of ether oxygens (including phenoxy) is 1. The number of hydrogen-bond donors (Lipinski definition) is 0. The van der Waals surface area contributed by atoms with Crippen LogP contribution in [0.3, 0.4) is 0 Å². The summed E-state index contributed by atoms with van der Waals surface area (Å²) in [4.78, 5) is 2.53. The van der Waals surface area contributed by atoms with Gasteiger partial charge in [0.25, 0.3) is 0 Å². The number of hydrogen-bond acceptors (Lipinski definition) is 2. The summed E-state index contributed by atoms with van der Waals surface area (Å²) in [6.07, 6.45) is 3.43. The topological polar surface area (TPSA) is 12.5 Å². The van der Waals surface area contributed by atoms with E-state index in [9.17, 15) is 0 Å². The van der Waals surface area contributed by atoms with Crippen LogP contribution in [0.25, 0.3) is 0 Å². The fourth-order valence-electron chi connectivity index (χ4n) is 4.33. The first kappa shape index (κ1) is 15.0. The predicted molar refractivity (Wildman–Crippen MR) is 94.7 cm³/mol. The summed E-state index contributed by atoms with van der Waals surface area (Å²) >= 11 is 6.39. The highest BCUT2D eigenvalue weighted by Gasteiger charge is 2.36. The number of benzene rings is 2. The molecule has 2 aliphatic rings. The molecular weight excluding hydrogens is 306 g/mol. The van der Waals surface area contributed by atoms with Gasteiger partial charge in [0.05, 0.1) is 12.1 Å². The van der Waals surface area contributed by atoms with Crippen LogP contribution in [0, 0.1) is 0 Å². The number of rotatable bonds is 1. The second-order valence-corrected chi connectivity index (χ2v) is 7.11. The van der Waals surface area contributed by atoms with E-state index < -0.39 is 0 Å². The number of fused-ring (bicyclic) bond motifs is 5. The molecule has 0 amide bonds. The van der Waals surface area contributed by atoms with E-state index in [-0.39, 0.29) is 0 Å². The van der Waals surface area contributed by atoms with Crippen molar-refractivity contribution in [3.05, 3.63) is 63.7 Å². The van der Waals surface area contributed by atoms with Crippen molar-refractivity contribution >= 4 is 11.6 Å². The van der Waals surface area contributed by atoms with Crippen molar-refractivity contribution in [2.24, 2.45) is 0 Å². The molecule has 120 valence electrons. The molecule has 2 aromatic rings. The second kappa shape index (κ2) is 5.85. The molecular formula is C20H22ClNO. The summed E-state index contributed by atoms with van der Waals surface area (Å²) in [5.74, 6) is 1.20. The second-order valence-electron chi connectivity index (χ2n) is 6.70. The Kier molecular flexibility index (Phi) is 3.82. The third kappa shape index (κ3) is 2.45. The van der Waals surface area contributed by atoms with E-state index in [0.717, 1.165) is 23.7 Å². The van der Waals surface area contributed by atoms with Crippen LogP contribution in [0.15, 0.2) is 36.4 Å². The molecule has 0 fully saturated rings. The third-order valence-electron chi connectivity index (χ3n) is 5.53. The number of aryl methyl sites for hydroxylation is 1. The standard InChI is InChI=1S/C20H22ClNO/c1-22-10-9-14-11-17(21)19(23-2)12-16(14)20-15-6-4-3-5-13(15)7-8-18(20)22/h3-6,11-12,18,20H,7-10H2,1-2H3/t18?,20-/m1/s1. The Labute approximate surface area is 143 Å². The molecule has 23 heavy (non-hydrogen) atoms. The number of nitrogens with zero attached hydrogens (tertiary/aromatic N) is 1. The average Bonchev–Trinajstić information content (AvgIpc) is 2.71. The minimum atomic E-state index is 0.411. The van der Waals surface area contributed by atoms with E-state index in [2.05, 4.69) is 48.3 Å². The first-order chi connectivity index (χ1) is 11.2. The van der Waals surface area contributed by atoms with E-state index in [1.807, 2.05) is 0 Å². The number of halogens is 1. The Morgan fingerprint density at radius 3 is 2.74 bits per heavy atom. The molecule has 1 heterocycles. The van der Waals surface area contributed by atoms with E-state index in [1.54, 1.807) is 7.11 Å². The summed E-state index contributed by atoms with van der Waals surface area (Å²) in [6, 6.07) is 13.7. The Bertz CT molecular complexity index is 742. The molecule has 2 nitrogen and oxygen atoms in total. The summed E-state index contributed by atoms with van der Waals surface area (Å²) in [6.45, 7) is 1.08. The van der Waals surface area contributed by atoms with Crippen LogP contribution in [0.1, 0.15) is 34.6 Å². The van der Waals surface area contributed by atoms with Crippen molar-refractivity contribution in [3.8, 4) is 5.75 Å². The van der Waals surface area contributed by atoms with Gasteiger partial charge in [-0.15, -0.1) is 0 Å². The van der Waals surface area contributed by atoms with E-state index in [0.29, 0.717) is 12.0 Å². The minimum absolute atomic E-state index is 0.411. The normalized spacial score (nSPS) is 23.4. The molecule has 0 spiro atoms. The first-order valence-corrected chi connectivity index (χ1v) is 8.71. The highest BCUT2D eigenvalue weighted by atomic mass is 35.5. The van der Waals surface area contributed by atoms with Crippen LogP contribution in [0.2, 0.25) is 5.02 Å². The Balaban J connectivity index is 1.93. The van der Waals surface area contributed by atoms with Gasteiger partial charge in [-0.25, -0.2) is 0 Å². The molecule has 0 aromatic heterocycles. The molecule has 3 heteroatoms. The van der Waals surface area contributed by atoms with Crippen LogP contribution in [0.5, 0.6) is 5.75 Å². The maximum Gasteiger partial charge on any atom is 0.137 e. The molecule has 0 saturated heterocycles. The molecule has 0 radical (unpaired) electrons. The SMILES string of the molecule is COc1cc2c(cc1Cl)CCN(C)C1CCc3ccccc3[C@H]21. The van der Waals surface area contributed by atoms with Crippen LogP contribution >= 0.6 is 11.6 Å². The molecule has 0 saturated carbocycles. The van der Waals surface area contributed by atoms with Crippen LogP contribution < -0.4 is 4.74 Å². The highest BCUT2D eigenvalue weighted by Crippen LogP contribution is 2.44. The molecule has 1 aliphatic carbocycles. The average molecular weight is 328 g/mol. The van der Waals surface area contributed by atoms with Gasteiger partial charge < -0.3 is 9.64 Å². The number of methoxy groups -OCH3 is 1. The fourth-order valence-corrected chi connectivity index (χ4v) is 4.59. The summed E-state index contributed by atoms with van der Waals surface area (Å²) in [5.41, 5.74) is 5.73. The maximum atomic E-state index is 6.39. The van der Waals surface area contributed by atoms with Gasteiger partial charge in [0.2, 0.25) is 0 Å². The van der Waals surface area contributed by atoms with Crippen molar-refractivity contribution in [2.45, 2.75) is 31.2 Å². The van der Waals surface area contributed by atoms with Crippen molar-refractivity contribution in [3.63, 3.8) is 0 Å². The molecule has 0 bridgehead atoms. The van der Waals surface area contributed by atoms with Gasteiger partial charge >= 0.3 is 0 Å². The smallest absolute Gasteiger partial charge is 0.137 e. The zero-order valence-corrected chi connectivity index (χ0v) is 14.4. The predicted octanol–water partition coefficient (Wildman–Crippen LogP) is 4.28. The molecule has 1 aliphatic heterocycles. The van der Waals surface area contributed by atoms with Gasteiger partial charge in [-0.3, -0.25) is 0 Å². The van der Waals surface area contributed by atoms with Crippen molar-refractivity contribution in [1.82, 2.24) is 4.90 Å². The zero-order chi connectivity index (χ0) is 16.0. The summed E-state index contributed by atoms with van der Waals surface area (Å²) in [7, 11) is 3.96. The molecule has 2 aromatic carbocycles. The number of likely N-dealkylation sites (N-methyl/N-ethyl adjacent to an activating group) is 1. The van der Waals surface area contributed by atoms with Crippen LogP contribution in [-0.2, 0) is 12.8 Å². The van der Waals surface area contributed by atoms with Gasteiger partial charge in [0, 0.05) is 18.5 Å². The van der Waals surface area contributed by atoms with Gasteiger partial charge in [0.15, 0.2) is 0 Å². The van der Waals surface area contributed by atoms with Gasteiger partial charge in [-0.1, -0.05) is 35.9 Å². The summed E-state index contributed by atoms with van der Waals surface area (Å²) < 4.78 is 5.50. The van der Waals surface area contributed by atoms with E-state index >= 15 is 0 Å². The van der Waals surface area contributed by atoms with E-state index in [4.69, 9.17) is 16.3 Å².